The van der Waals surface area contributed by atoms with E-state index in [9.17, 15) is 14.4 Å². The summed E-state index contributed by atoms with van der Waals surface area (Å²) in [7, 11) is 0. The molecule has 6 heteroatoms. The molecule has 0 saturated carbocycles. The topological polar surface area (TPSA) is 78.9 Å². The van der Waals surface area contributed by atoms with Crippen molar-refractivity contribution < 1.29 is 28.6 Å². The lowest BCUT2D eigenvalue weighted by Gasteiger charge is -2.16. The number of allylic oxidation sites excluding steroid dienone is 3. The molecule has 4 rings (SSSR count). The smallest absolute Gasteiger partial charge is 0.342 e. The van der Waals surface area contributed by atoms with Gasteiger partial charge in [0.15, 0.2) is 0 Å². The van der Waals surface area contributed by atoms with Gasteiger partial charge >= 0.3 is 17.9 Å². The SMILES string of the molecule is O=C1OC(=O)C2CC(Oc3ccc4c(c3)COC4=O)=CC=C12. The standard InChI is InChI=1S/C16H10O6/c17-14-11-3-1-9(5-8(11)7-20-14)21-10-2-4-12-13(6-10)16(19)22-15(12)18/h1-5,13H,6-7H2. The van der Waals surface area contributed by atoms with Gasteiger partial charge in [-0.1, -0.05) is 0 Å². The third-order valence-corrected chi connectivity index (χ3v) is 3.85. The molecule has 1 aromatic carbocycles. The fraction of sp³-hybridized carbons (Fsp3) is 0.188. The van der Waals surface area contributed by atoms with Crippen LogP contribution in [0, 0.1) is 5.92 Å². The molecule has 0 bridgehead atoms. The molecule has 2 heterocycles. The summed E-state index contributed by atoms with van der Waals surface area (Å²) in [6, 6.07) is 5.06. The number of carbonyl (C=O) groups excluding carboxylic acids is 3. The van der Waals surface area contributed by atoms with Gasteiger partial charge in [-0.15, -0.1) is 0 Å². The zero-order valence-electron chi connectivity index (χ0n) is 11.3. The highest BCUT2D eigenvalue weighted by Crippen LogP contribution is 2.34. The van der Waals surface area contributed by atoms with E-state index in [4.69, 9.17) is 9.47 Å². The fourth-order valence-corrected chi connectivity index (χ4v) is 2.72. The van der Waals surface area contributed by atoms with Gasteiger partial charge in [0.1, 0.15) is 18.1 Å². The highest BCUT2D eigenvalue weighted by molar-refractivity contribution is 6.08. The van der Waals surface area contributed by atoms with Crippen LogP contribution in [0.25, 0.3) is 0 Å². The summed E-state index contributed by atoms with van der Waals surface area (Å²) in [5, 5.41) is 0. The quantitative estimate of drug-likeness (QED) is 0.610. The van der Waals surface area contributed by atoms with Gasteiger partial charge in [-0.3, -0.25) is 4.79 Å². The van der Waals surface area contributed by atoms with Crippen molar-refractivity contribution in [2.24, 2.45) is 5.92 Å². The Morgan fingerprint density at radius 1 is 1.09 bits per heavy atom. The van der Waals surface area contributed by atoms with Crippen LogP contribution in [0.3, 0.4) is 0 Å². The van der Waals surface area contributed by atoms with Crippen LogP contribution in [-0.2, 0) is 25.7 Å². The molecule has 1 fully saturated rings. The molecule has 1 atom stereocenters. The van der Waals surface area contributed by atoms with Crippen molar-refractivity contribution in [2.45, 2.75) is 13.0 Å². The monoisotopic (exact) mass is 298 g/mol. The van der Waals surface area contributed by atoms with Crippen LogP contribution < -0.4 is 4.74 Å². The van der Waals surface area contributed by atoms with Crippen molar-refractivity contribution in [3.63, 3.8) is 0 Å². The maximum Gasteiger partial charge on any atom is 0.342 e. The molecular formula is C16H10O6. The van der Waals surface area contributed by atoms with E-state index in [2.05, 4.69) is 4.74 Å². The minimum atomic E-state index is -0.591. The van der Waals surface area contributed by atoms with Gasteiger partial charge in [0, 0.05) is 12.0 Å². The Kier molecular flexibility index (Phi) is 2.66. The second kappa shape index (κ2) is 4.56. The van der Waals surface area contributed by atoms with E-state index in [1.165, 1.54) is 0 Å². The molecule has 0 spiro atoms. The lowest BCUT2D eigenvalue weighted by Crippen LogP contribution is -2.15. The predicted octanol–water partition coefficient (Wildman–Crippen LogP) is 1.65. The zero-order valence-corrected chi connectivity index (χ0v) is 11.3. The first-order chi connectivity index (χ1) is 10.6. The average Bonchev–Trinajstić information content (AvgIpc) is 3.00. The maximum atomic E-state index is 11.6. The molecule has 6 nitrogen and oxygen atoms in total. The number of ether oxygens (including phenoxy) is 3. The summed E-state index contributed by atoms with van der Waals surface area (Å²) in [6.45, 7) is 0.234. The number of carbonyl (C=O) groups is 3. The van der Waals surface area contributed by atoms with Crippen LogP contribution in [0.2, 0.25) is 0 Å². The summed E-state index contributed by atoms with van der Waals surface area (Å²) in [5.41, 5.74) is 1.67. The van der Waals surface area contributed by atoms with E-state index >= 15 is 0 Å². The number of hydrogen-bond donors (Lipinski definition) is 0. The molecule has 0 amide bonds. The normalized spacial score (nSPS) is 22.4. The molecule has 1 unspecified atom stereocenters. The Balaban J connectivity index is 1.57. The van der Waals surface area contributed by atoms with Gasteiger partial charge in [0.2, 0.25) is 0 Å². The van der Waals surface area contributed by atoms with Gasteiger partial charge < -0.3 is 14.2 Å². The third kappa shape index (κ3) is 1.92. The molecule has 1 aliphatic carbocycles. The number of rotatable bonds is 2. The molecule has 22 heavy (non-hydrogen) atoms. The van der Waals surface area contributed by atoms with Crippen LogP contribution in [-0.4, -0.2) is 17.9 Å². The Morgan fingerprint density at radius 2 is 1.95 bits per heavy atom. The van der Waals surface area contributed by atoms with E-state index < -0.39 is 17.9 Å². The van der Waals surface area contributed by atoms with Crippen LogP contribution in [0.5, 0.6) is 5.75 Å². The second-order valence-electron chi connectivity index (χ2n) is 5.22. The average molecular weight is 298 g/mol. The fourth-order valence-electron chi connectivity index (χ4n) is 2.72. The minimum absolute atomic E-state index is 0.234. The van der Waals surface area contributed by atoms with Crippen molar-refractivity contribution in [3.8, 4) is 5.75 Å². The highest BCUT2D eigenvalue weighted by atomic mass is 16.6. The Bertz CT molecular complexity index is 786. The third-order valence-electron chi connectivity index (χ3n) is 3.85. The summed E-state index contributed by atoms with van der Waals surface area (Å²) in [5.74, 6) is -0.939. The molecule has 110 valence electrons. The van der Waals surface area contributed by atoms with Crippen molar-refractivity contribution in [2.75, 3.05) is 0 Å². The number of hydrogen-bond acceptors (Lipinski definition) is 6. The molecule has 3 aliphatic rings. The van der Waals surface area contributed by atoms with Gasteiger partial charge in [-0.25, -0.2) is 9.59 Å². The molecular weight excluding hydrogens is 288 g/mol. The zero-order chi connectivity index (χ0) is 15.3. The van der Waals surface area contributed by atoms with E-state index in [1.807, 2.05) is 0 Å². The van der Waals surface area contributed by atoms with E-state index in [0.29, 0.717) is 22.6 Å². The molecule has 0 radical (unpaired) electrons. The van der Waals surface area contributed by atoms with Crippen LogP contribution in [0.4, 0.5) is 0 Å². The maximum absolute atomic E-state index is 11.6. The molecule has 1 aromatic rings. The highest BCUT2D eigenvalue weighted by Gasteiger charge is 2.41. The summed E-state index contributed by atoms with van der Waals surface area (Å²) >= 11 is 0. The Labute approximate surface area is 125 Å². The van der Waals surface area contributed by atoms with Crippen molar-refractivity contribution in [1.29, 1.82) is 0 Å². The van der Waals surface area contributed by atoms with Crippen LogP contribution >= 0.6 is 0 Å². The number of cyclic esters (lactones) is 3. The number of fused-ring (bicyclic) bond motifs is 2. The molecule has 0 N–H and O–H groups in total. The first-order valence-corrected chi connectivity index (χ1v) is 6.76. The summed E-state index contributed by atoms with van der Waals surface area (Å²) in [4.78, 5) is 34.4. The summed E-state index contributed by atoms with van der Waals surface area (Å²) < 4.78 is 15.3. The first kappa shape index (κ1) is 12.8. The molecule has 0 aromatic heterocycles. The van der Waals surface area contributed by atoms with E-state index in [0.717, 1.165) is 5.56 Å². The summed E-state index contributed by atoms with van der Waals surface area (Å²) in [6.07, 6.45) is 3.49. The minimum Gasteiger partial charge on any atom is -0.462 e. The lowest BCUT2D eigenvalue weighted by atomic mass is 9.92. The second-order valence-corrected chi connectivity index (χ2v) is 5.22. The number of esters is 3. The molecule has 2 aliphatic heterocycles. The molecule has 1 saturated heterocycles. The van der Waals surface area contributed by atoms with E-state index in [-0.39, 0.29) is 19.0 Å². The van der Waals surface area contributed by atoms with Gasteiger partial charge in [-0.05, 0) is 30.4 Å². The van der Waals surface area contributed by atoms with Gasteiger partial charge in [0.05, 0.1) is 17.1 Å². The van der Waals surface area contributed by atoms with Crippen LogP contribution in [0.15, 0.2) is 41.7 Å². The number of benzene rings is 1. The largest absolute Gasteiger partial charge is 0.462 e. The lowest BCUT2D eigenvalue weighted by molar-refractivity contribution is -0.152. The van der Waals surface area contributed by atoms with E-state index in [1.54, 1.807) is 30.4 Å². The van der Waals surface area contributed by atoms with Gasteiger partial charge in [-0.2, -0.15) is 0 Å². The van der Waals surface area contributed by atoms with Crippen LogP contribution in [0.1, 0.15) is 22.3 Å². The first-order valence-electron chi connectivity index (χ1n) is 6.76. The Hall–Kier alpha value is -2.89. The van der Waals surface area contributed by atoms with Gasteiger partial charge in [0.25, 0.3) is 0 Å². The Morgan fingerprint density at radius 3 is 2.82 bits per heavy atom. The van der Waals surface area contributed by atoms with Crippen molar-refractivity contribution in [3.05, 3.63) is 52.8 Å². The van der Waals surface area contributed by atoms with Crippen molar-refractivity contribution in [1.82, 2.24) is 0 Å². The predicted molar refractivity (Wildman–Crippen MR) is 71.6 cm³/mol. The van der Waals surface area contributed by atoms with Crippen molar-refractivity contribution >= 4 is 17.9 Å².